The quantitative estimate of drug-likeness (QED) is 0.682. The largest absolute Gasteiger partial charge is 0.323 e. The minimum atomic E-state index is -0.940. The van der Waals surface area contributed by atoms with Gasteiger partial charge in [0.05, 0.1) is 23.9 Å². The highest BCUT2D eigenvalue weighted by Crippen LogP contribution is 2.16. The van der Waals surface area contributed by atoms with E-state index in [1.807, 2.05) is 0 Å². The molecule has 3 nitrogen and oxygen atoms in total. The van der Waals surface area contributed by atoms with E-state index in [1.54, 1.807) is 0 Å². The van der Waals surface area contributed by atoms with Gasteiger partial charge in [0.25, 0.3) is 0 Å². The SMILES string of the molecule is O=CCn1cnc2cc(F)c(F)cc21. The summed E-state index contributed by atoms with van der Waals surface area (Å²) in [5.41, 5.74) is 0.752. The molecule has 14 heavy (non-hydrogen) atoms. The third-order valence-electron chi connectivity index (χ3n) is 1.93. The lowest BCUT2D eigenvalue weighted by Gasteiger charge is -1.98. The lowest BCUT2D eigenvalue weighted by Crippen LogP contribution is -1.97. The first-order valence-electron chi connectivity index (χ1n) is 3.96. The summed E-state index contributed by atoms with van der Waals surface area (Å²) in [6.45, 7) is 0.0849. The lowest BCUT2D eigenvalue weighted by atomic mass is 10.3. The van der Waals surface area contributed by atoms with E-state index in [2.05, 4.69) is 4.98 Å². The number of halogens is 2. The van der Waals surface area contributed by atoms with Crippen molar-refractivity contribution >= 4 is 17.3 Å². The number of carbonyl (C=O) groups excluding carboxylic acids is 1. The third-order valence-corrected chi connectivity index (χ3v) is 1.93. The van der Waals surface area contributed by atoms with Crippen LogP contribution in [-0.2, 0) is 11.3 Å². The Morgan fingerprint density at radius 2 is 2.07 bits per heavy atom. The lowest BCUT2D eigenvalue weighted by molar-refractivity contribution is -0.108. The van der Waals surface area contributed by atoms with E-state index in [0.717, 1.165) is 12.1 Å². The molecule has 0 radical (unpaired) electrons. The van der Waals surface area contributed by atoms with E-state index in [9.17, 15) is 13.6 Å². The maximum atomic E-state index is 12.8. The van der Waals surface area contributed by atoms with Gasteiger partial charge in [-0.05, 0) is 0 Å². The van der Waals surface area contributed by atoms with Crippen LogP contribution in [-0.4, -0.2) is 15.8 Å². The molecule has 1 heterocycles. The van der Waals surface area contributed by atoms with Gasteiger partial charge in [-0.25, -0.2) is 13.8 Å². The molecule has 0 N–H and O–H groups in total. The molecule has 0 bridgehead atoms. The monoisotopic (exact) mass is 196 g/mol. The van der Waals surface area contributed by atoms with Crippen LogP contribution in [0.2, 0.25) is 0 Å². The van der Waals surface area contributed by atoms with E-state index in [1.165, 1.54) is 10.9 Å². The summed E-state index contributed by atoms with van der Waals surface area (Å²) >= 11 is 0. The van der Waals surface area contributed by atoms with Crippen LogP contribution in [0.3, 0.4) is 0 Å². The zero-order valence-electron chi connectivity index (χ0n) is 7.08. The molecule has 0 saturated carbocycles. The Labute approximate surface area is 78.0 Å². The maximum Gasteiger partial charge on any atom is 0.161 e. The van der Waals surface area contributed by atoms with Crippen LogP contribution in [0.5, 0.6) is 0 Å². The Kier molecular flexibility index (Phi) is 1.99. The molecule has 1 aromatic heterocycles. The fourth-order valence-electron chi connectivity index (χ4n) is 1.28. The molecule has 0 fully saturated rings. The van der Waals surface area contributed by atoms with Crippen molar-refractivity contribution in [1.29, 1.82) is 0 Å². The molecule has 0 saturated heterocycles. The normalized spacial score (nSPS) is 10.7. The molecule has 0 aliphatic heterocycles. The topological polar surface area (TPSA) is 34.9 Å². The standard InChI is InChI=1S/C9H6F2N2O/c10-6-3-8-9(4-7(6)11)13(1-2-14)5-12-8/h2-5H,1H2. The molecule has 1 aromatic carbocycles. The molecule has 0 aliphatic carbocycles. The summed E-state index contributed by atoms with van der Waals surface area (Å²) in [5.74, 6) is -1.88. The Balaban J connectivity index is 2.67. The molecule has 0 spiro atoms. The van der Waals surface area contributed by atoms with Gasteiger partial charge in [-0.2, -0.15) is 0 Å². The number of aromatic nitrogens is 2. The number of imidazole rings is 1. The van der Waals surface area contributed by atoms with Gasteiger partial charge < -0.3 is 9.36 Å². The Morgan fingerprint density at radius 1 is 1.36 bits per heavy atom. The molecular weight excluding hydrogens is 190 g/mol. The van der Waals surface area contributed by atoms with Crippen LogP contribution in [0, 0.1) is 11.6 Å². The molecule has 0 atom stereocenters. The first-order valence-corrected chi connectivity index (χ1v) is 3.96. The van der Waals surface area contributed by atoms with Crippen LogP contribution in [0.25, 0.3) is 11.0 Å². The summed E-state index contributed by atoms with van der Waals surface area (Å²) in [5, 5.41) is 0. The third kappa shape index (κ3) is 1.26. The van der Waals surface area contributed by atoms with Gasteiger partial charge in [-0.3, -0.25) is 0 Å². The second-order valence-electron chi connectivity index (χ2n) is 2.82. The van der Waals surface area contributed by atoms with Gasteiger partial charge in [0, 0.05) is 12.1 Å². The first kappa shape index (κ1) is 8.80. The molecule has 0 aliphatic rings. The van der Waals surface area contributed by atoms with Crippen LogP contribution in [0.4, 0.5) is 8.78 Å². The van der Waals surface area contributed by atoms with Gasteiger partial charge in [0.1, 0.15) is 6.29 Å². The number of fused-ring (bicyclic) bond motifs is 1. The molecule has 0 unspecified atom stereocenters. The van der Waals surface area contributed by atoms with E-state index >= 15 is 0 Å². The minimum Gasteiger partial charge on any atom is -0.323 e. The highest BCUT2D eigenvalue weighted by atomic mass is 19.2. The Bertz CT molecular complexity index is 493. The first-order chi connectivity index (χ1) is 6.72. The molecule has 5 heteroatoms. The van der Waals surface area contributed by atoms with E-state index in [-0.39, 0.29) is 6.54 Å². The van der Waals surface area contributed by atoms with Gasteiger partial charge in [-0.1, -0.05) is 0 Å². The highest BCUT2D eigenvalue weighted by molar-refractivity contribution is 5.76. The number of benzene rings is 1. The molecule has 0 amide bonds. The maximum absolute atomic E-state index is 12.8. The van der Waals surface area contributed by atoms with Gasteiger partial charge >= 0.3 is 0 Å². The van der Waals surface area contributed by atoms with Crippen molar-refractivity contribution in [3.63, 3.8) is 0 Å². The van der Waals surface area contributed by atoms with Crippen molar-refractivity contribution in [2.45, 2.75) is 6.54 Å². The van der Waals surface area contributed by atoms with Crippen molar-refractivity contribution in [3.05, 3.63) is 30.1 Å². The van der Waals surface area contributed by atoms with Crippen molar-refractivity contribution < 1.29 is 13.6 Å². The minimum absolute atomic E-state index is 0.0849. The molecule has 2 aromatic rings. The predicted octanol–water partition coefficient (Wildman–Crippen LogP) is 1.51. The molecule has 72 valence electrons. The average Bonchev–Trinajstić information content (AvgIpc) is 2.51. The smallest absolute Gasteiger partial charge is 0.161 e. The van der Waals surface area contributed by atoms with Crippen molar-refractivity contribution in [1.82, 2.24) is 9.55 Å². The van der Waals surface area contributed by atoms with Crippen LogP contribution in [0.1, 0.15) is 0 Å². The predicted molar refractivity (Wildman–Crippen MR) is 45.7 cm³/mol. The summed E-state index contributed by atoms with van der Waals surface area (Å²) in [7, 11) is 0. The van der Waals surface area contributed by atoms with Gasteiger partial charge in [-0.15, -0.1) is 0 Å². The Morgan fingerprint density at radius 3 is 2.79 bits per heavy atom. The number of rotatable bonds is 2. The summed E-state index contributed by atoms with van der Waals surface area (Å²) in [4.78, 5) is 14.1. The van der Waals surface area contributed by atoms with Crippen molar-refractivity contribution in [3.8, 4) is 0 Å². The van der Waals surface area contributed by atoms with Crippen molar-refractivity contribution in [2.24, 2.45) is 0 Å². The Hall–Kier alpha value is -1.78. The van der Waals surface area contributed by atoms with E-state index in [4.69, 9.17) is 0 Å². The van der Waals surface area contributed by atoms with Gasteiger partial charge in [0.15, 0.2) is 11.6 Å². The van der Waals surface area contributed by atoms with Crippen LogP contribution >= 0.6 is 0 Å². The van der Waals surface area contributed by atoms with E-state index < -0.39 is 11.6 Å². The highest BCUT2D eigenvalue weighted by Gasteiger charge is 2.08. The zero-order chi connectivity index (χ0) is 10.1. The summed E-state index contributed by atoms with van der Waals surface area (Å²) in [6.07, 6.45) is 2.04. The number of carbonyl (C=O) groups is 1. The van der Waals surface area contributed by atoms with E-state index in [0.29, 0.717) is 17.3 Å². The summed E-state index contributed by atoms with van der Waals surface area (Å²) in [6, 6.07) is 2.03. The molecule has 2 rings (SSSR count). The number of hydrogen-bond acceptors (Lipinski definition) is 2. The number of aldehydes is 1. The number of hydrogen-bond donors (Lipinski definition) is 0. The van der Waals surface area contributed by atoms with Crippen LogP contribution < -0.4 is 0 Å². The number of nitrogens with zero attached hydrogens (tertiary/aromatic N) is 2. The average molecular weight is 196 g/mol. The van der Waals surface area contributed by atoms with Crippen molar-refractivity contribution in [2.75, 3.05) is 0 Å². The zero-order valence-corrected chi connectivity index (χ0v) is 7.08. The molecular formula is C9H6F2N2O. The fraction of sp³-hybridized carbons (Fsp3) is 0.111. The fourth-order valence-corrected chi connectivity index (χ4v) is 1.28. The van der Waals surface area contributed by atoms with Gasteiger partial charge in [0.2, 0.25) is 0 Å². The van der Waals surface area contributed by atoms with Crippen LogP contribution in [0.15, 0.2) is 18.5 Å². The second kappa shape index (κ2) is 3.17. The summed E-state index contributed by atoms with van der Waals surface area (Å²) < 4.78 is 27.0. The second-order valence-corrected chi connectivity index (χ2v) is 2.82.